The Balaban J connectivity index is 1.76. The third-order valence-corrected chi connectivity index (χ3v) is 5.16. The normalized spacial score (nSPS) is 11.4. The van der Waals surface area contributed by atoms with Crippen molar-refractivity contribution >= 4 is 11.5 Å². The highest BCUT2D eigenvalue weighted by Gasteiger charge is 2.18. The van der Waals surface area contributed by atoms with Crippen molar-refractivity contribution in [1.82, 2.24) is 4.98 Å². The van der Waals surface area contributed by atoms with Gasteiger partial charge in [0.2, 0.25) is 0 Å². The van der Waals surface area contributed by atoms with E-state index in [1.165, 1.54) is 0 Å². The summed E-state index contributed by atoms with van der Waals surface area (Å²) in [6, 6.07) is 25.4. The quantitative estimate of drug-likeness (QED) is 0.340. The number of para-hydroxylation sites is 1. The standard InChI is InChI=1S/C26H24N4O/c1-17-8-6-7-11-21(17)25-24(27)23(26(28)29-2)22(16-30-25)18-12-14-20(15-13-18)31-19-9-4-3-5-10-19/h3-16H,27H2,1-2H3,(H2,28,29). The van der Waals surface area contributed by atoms with Crippen molar-refractivity contribution in [1.29, 1.82) is 0 Å². The Labute approximate surface area is 182 Å². The average Bonchev–Trinajstić information content (AvgIpc) is 2.80. The van der Waals surface area contributed by atoms with E-state index < -0.39 is 0 Å². The Morgan fingerprint density at radius 1 is 0.839 bits per heavy atom. The van der Waals surface area contributed by atoms with Gasteiger partial charge >= 0.3 is 0 Å². The molecule has 3 aromatic carbocycles. The highest BCUT2D eigenvalue weighted by molar-refractivity contribution is 6.09. The fourth-order valence-electron chi connectivity index (χ4n) is 3.51. The van der Waals surface area contributed by atoms with Gasteiger partial charge in [-0.05, 0) is 42.3 Å². The second-order valence-electron chi connectivity index (χ2n) is 7.17. The third-order valence-electron chi connectivity index (χ3n) is 5.16. The number of aryl methyl sites for hydroxylation is 1. The summed E-state index contributed by atoms with van der Waals surface area (Å²) >= 11 is 0. The van der Waals surface area contributed by atoms with Crippen LogP contribution in [0.3, 0.4) is 0 Å². The second-order valence-corrected chi connectivity index (χ2v) is 7.17. The lowest BCUT2D eigenvalue weighted by molar-refractivity contribution is 0.483. The summed E-state index contributed by atoms with van der Waals surface area (Å²) < 4.78 is 5.89. The molecule has 0 saturated heterocycles. The molecule has 4 rings (SSSR count). The van der Waals surface area contributed by atoms with Crippen molar-refractivity contribution in [3.63, 3.8) is 0 Å². The summed E-state index contributed by atoms with van der Waals surface area (Å²) in [5.41, 5.74) is 18.6. The SMILES string of the molecule is C/N=C(/N)c1c(-c2ccc(Oc3ccccc3)cc2)cnc(-c2ccccc2C)c1N. The monoisotopic (exact) mass is 408 g/mol. The molecule has 0 aliphatic heterocycles. The fraction of sp³-hybridized carbons (Fsp3) is 0.0769. The molecule has 0 atom stereocenters. The van der Waals surface area contributed by atoms with Crippen LogP contribution >= 0.6 is 0 Å². The summed E-state index contributed by atoms with van der Waals surface area (Å²) in [6.45, 7) is 2.03. The number of rotatable bonds is 5. The van der Waals surface area contributed by atoms with Crippen LogP contribution in [0.15, 0.2) is 90.1 Å². The maximum atomic E-state index is 6.58. The van der Waals surface area contributed by atoms with Gasteiger partial charge in [0.05, 0.1) is 16.9 Å². The maximum Gasteiger partial charge on any atom is 0.128 e. The molecule has 31 heavy (non-hydrogen) atoms. The van der Waals surface area contributed by atoms with Gasteiger partial charge in [-0.15, -0.1) is 0 Å². The van der Waals surface area contributed by atoms with Gasteiger partial charge in [-0.1, -0.05) is 54.6 Å². The molecule has 154 valence electrons. The van der Waals surface area contributed by atoms with Gasteiger partial charge in [0.25, 0.3) is 0 Å². The Morgan fingerprint density at radius 3 is 2.16 bits per heavy atom. The number of amidine groups is 1. The Morgan fingerprint density at radius 2 is 1.48 bits per heavy atom. The van der Waals surface area contributed by atoms with Crippen LogP contribution in [0.1, 0.15) is 11.1 Å². The molecule has 0 aliphatic carbocycles. The lowest BCUT2D eigenvalue weighted by Gasteiger charge is -2.16. The first-order chi connectivity index (χ1) is 15.1. The van der Waals surface area contributed by atoms with Crippen molar-refractivity contribution < 1.29 is 4.74 Å². The average molecular weight is 409 g/mol. The van der Waals surface area contributed by atoms with E-state index in [0.29, 0.717) is 22.8 Å². The smallest absolute Gasteiger partial charge is 0.128 e. The van der Waals surface area contributed by atoms with Gasteiger partial charge in [-0.25, -0.2) is 0 Å². The number of pyridine rings is 1. The molecule has 0 unspecified atom stereocenters. The van der Waals surface area contributed by atoms with Gasteiger partial charge in [-0.3, -0.25) is 9.98 Å². The Kier molecular flexibility index (Phi) is 5.67. The van der Waals surface area contributed by atoms with Gasteiger partial charge in [0, 0.05) is 24.4 Å². The summed E-state index contributed by atoms with van der Waals surface area (Å²) in [7, 11) is 1.66. The van der Waals surface area contributed by atoms with Crippen molar-refractivity contribution in [2.45, 2.75) is 6.92 Å². The third kappa shape index (κ3) is 4.12. The van der Waals surface area contributed by atoms with Crippen molar-refractivity contribution in [2.75, 3.05) is 12.8 Å². The molecule has 0 aliphatic rings. The number of hydrogen-bond donors (Lipinski definition) is 2. The number of ether oxygens (including phenoxy) is 1. The molecule has 0 spiro atoms. The van der Waals surface area contributed by atoms with E-state index >= 15 is 0 Å². The maximum absolute atomic E-state index is 6.58. The van der Waals surface area contributed by atoms with E-state index in [0.717, 1.165) is 33.8 Å². The molecular weight excluding hydrogens is 384 g/mol. The number of nitrogens with two attached hydrogens (primary N) is 2. The summed E-state index contributed by atoms with van der Waals surface area (Å²) in [5.74, 6) is 1.90. The van der Waals surface area contributed by atoms with Crippen molar-refractivity contribution in [3.05, 3.63) is 96.2 Å². The minimum absolute atomic E-state index is 0.370. The first-order valence-electron chi connectivity index (χ1n) is 9.99. The van der Waals surface area contributed by atoms with Crippen LogP contribution in [0.4, 0.5) is 5.69 Å². The van der Waals surface area contributed by atoms with Gasteiger partial charge in [-0.2, -0.15) is 0 Å². The number of benzene rings is 3. The number of aliphatic imine (C=N–C) groups is 1. The highest BCUT2D eigenvalue weighted by atomic mass is 16.5. The molecule has 0 saturated carbocycles. The topological polar surface area (TPSA) is 86.5 Å². The van der Waals surface area contributed by atoms with Crippen LogP contribution in [0.5, 0.6) is 11.5 Å². The molecule has 4 aromatic rings. The van der Waals surface area contributed by atoms with E-state index in [-0.39, 0.29) is 0 Å². The molecule has 4 N–H and O–H groups in total. The first kappa shape index (κ1) is 20.2. The molecule has 1 aromatic heterocycles. The predicted octanol–water partition coefficient (Wildman–Crippen LogP) is 5.43. The van der Waals surface area contributed by atoms with Crippen LogP contribution in [0.25, 0.3) is 22.4 Å². The molecule has 5 heteroatoms. The molecule has 0 amide bonds. The molecule has 0 fully saturated rings. The lowest BCUT2D eigenvalue weighted by Crippen LogP contribution is -2.18. The number of anilines is 1. The van der Waals surface area contributed by atoms with Crippen LogP contribution in [0.2, 0.25) is 0 Å². The largest absolute Gasteiger partial charge is 0.457 e. The fourth-order valence-corrected chi connectivity index (χ4v) is 3.51. The molecule has 0 radical (unpaired) electrons. The molecular formula is C26H24N4O. The van der Waals surface area contributed by atoms with E-state index in [9.17, 15) is 0 Å². The van der Waals surface area contributed by atoms with E-state index in [2.05, 4.69) is 9.98 Å². The zero-order valence-electron chi connectivity index (χ0n) is 17.5. The van der Waals surface area contributed by atoms with Gasteiger partial charge in [0.1, 0.15) is 17.3 Å². The van der Waals surface area contributed by atoms with Crippen LogP contribution in [0, 0.1) is 6.92 Å². The minimum Gasteiger partial charge on any atom is -0.457 e. The number of nitrogens with zero attached hydrogens (tertiary/aromatic N) is 2. The van der Waals surface area contributed by atoms with Crippen molar-refractivity contribution in [3.8, 4) is 33.9 Å². The lowest BCUT2D eigenvalue weighted by atomic mass is 9.95. The molecule has 5 nitrogen and oxygen atoms in total. The van der Waals surface area contributed by atoms with E-state index in [1.807, 2.05) is 85.8 Å². The van der Waals surface area contributed by atoms with Crippen molar-refractivity contribution in [2.24, 2.45) is 10.7 Å². The van der Waals surface area contributed by atoms with Crippen LogP contribution < -0.4 is 16.2 Å². The van der Waals surface area contributed by atoms with E-state index in [4.69, 9.17) is 16.2 Å². The second kappa shape index (κ2) is 8.71. The summed E-state index contributed by atoms with van der Waals surface area (Å²) in [6.07, 6.45) is 1.80. The predicted molar refractivity (Wildman–Crippen MR) is 127 cm³/mol. The number of hydrogen-bond acceptors (Lipinski definition) is 4. The number of nitrogen functional groups attached to an aromatic ring is 1. The molecule has 0 bridgehead atoms. The van der Waals surface area contributed by atoms with Gasteiger partial charge < -0.3 is 16.2 Å². The zero-order chi connectivity index (χ0) is 21.8. The first-order valence-corrected chi connectivity index (χ1v) is 9.99. The summed E-state index contributed by atoms with van der Waals surface area (Å²) in [5, 5.41) is 0. The Bertz CT molecular complexity index is 1230. The highest BCUT2D eigenvalue weighted by Crippen LogP contribution is 2.35. The van der Waals surface area contributed by atoms with Gasteiger partial charge in [0.15, 0.2) is 0 Å². The number of aromatic nitrogens is 1. The van der Waals surface area contributed by atoms with Crippen LogP contribution in [-0.2, 0) is 0 Å². The van der Waals surface area contributed by atoms with Crippen LogP contribution in [-0.4, -0.2) is 17.9 Å². The molecule has 1 heterocycles. The summed E-state index contributed by atoms with van der Waals surface area (Å²) in [4.78, 5) is 8.88. The minimum atomic E-state index is 0.370. The van der Waals surface area contributed by atoms with E-state index in [1.54, 1.807) is 13.2 Å². The zero-order valence-corrected chi connectivity index (χ0v) is 17.5. The Hall–Kier alpha value is -4.12.